The van der Waals surface area contributed by atoms with E-state index >= 15 is 0 Å². The van der Waals surface area contributed by atoms with Gasteiger partial charge >= 0.3 is 0 Å². The molecule has 4 nitrogen and oxygen atoms in total. The monoisotopic (exact) mass is 205 g/mol. The van der Waals surface area contributed by atoms with Crippen LogP contribution in [-0.4, -0.2) is 24.0 Å². The van der Waals surface area contributed by atoms with Crippen LogP contribution in [0.3, 0.4) is 0 Å². The van der Waals surface area contributed by atoms with E-state index in [1.807, 2.05) is 19.2 Å². The minimum Gasteiger partial charge on any atom is -0.354 e. The van der Waals surface area contributed by atoms with E-state index in [1.54, 1.807) is 0 Å². The molecule has 1 aliphatic rings. The van der Waals surface area contributed by atoms with Crippen molar-refractivity contribution in [1.82, 2.24) is 15.6 Å². The predicted molar refractivity (Wildman–Crippen MR) is 57.3 cm³/mol. The molecular formula is C11H15N3O. The smallest absolute Gasteiger partial charge is 0.221 e. The minimum absolute atomic E-state index is 0.116. The van der Waals surface area contributed by atoms with Gasteiger partial charge in [-0.25, -0.2) is 0 Å². The molecule has 2 heterocycles. The van der Waals surface area contributed by atoms with Gasteiger partial charge in [-0.2, -0.15) is 0 Å². The Kier molecular flexibility index (Phi) is 2.97. The van der Waals surface area contributed by atoms with Crippen LogP contribution < -0.4 is 10.6 Å². The first-order chi connectivity index (χ1) is 7.25. The molecule has 1 aromatic rings. The molecule has 1 aliphatic heterocycles. The Morgan fingerprint density at radius 2 is 2.33 bits per heavy atom. The van der Waals surface area contributed by atoms with Crippen molar-refractivity contribution in [3.05, 3.63) is 29.6 Å². The summed E-state index contributed by atoms with van der Waals surface area (Å²) in [6.45, 7) is 3.33. The summed E-state index contributed by atoms with van der Waals surface area (Å²) in [5, 5.41) is 6.20. The zero-order valence-corrected chi connectivity index (χ0v) is 8.79. The van der Waals surface area contributed by atoms with Gasteiger partial charge in [0.2, 0.25) is 5.91 Å². The molecule has 2 rings (SSSR count). The van der Waals surface area contributed by atoms with E-state index < -0.39 is 0 Å². The average Bonchev–Trinajstić information content (AvgIpc) is 2.44. The van der Waals surface area contributed by atoms with Crippen LogP contribution in [-0.2, 0) is 4.79 Å². The summed E-state index contributed by atoms with van der Waals surface area (Å²) < 4.78 is 0. The molecule has 0 spiro atoms. The van der Waals surface area contributed by atoms with Crippen LogP contribution in [0.25, 0.3) is 0 Å². The summed E-state index contributed by atoms with van der Waals surface area (Å²) in [6.07, 6.45) is 2.42. The summed E-state index contributed by atoms with van der Waals surface area (Å²) in [5.41, 5.74) is 2.14. The molecule has 80 valence electrons. The van der Waals surface area contributed by atoms with Gasteiger partial charge in [0.05, 0.1) is 6.04 Å². The molecule has 1 fully saturated rings. The highest BCUT2D eigenvalue weighted by molar-refractivity contribution is 5.76. The fraction of sp³-hybridized carbons (Fsp3) is 0.455. The Labute approximate surface area is 89.1 Å². The number of amides is 1. The fourth-order valence-corrected chi connectivity index (χ4v) is 1.66. The number of carbonyl (C=O) groups is 1. The van der Waals surface area contributed by atoms with Gasteiger partial charge in [-0.15, -0.1) is 0 Å². The van der Waals surface area contributed by atoms with Crippen molar-refractivity contribution >= 4 is 5.91 Å². The highest BCUT2D eigenvalue weighted by Gasteiger charge is 2.16. The van der Waals surface area contributed by atoms with Gasteiger partial charge in [0.15, 0.2) is 0 Å². The second kappa shape index (κ2) is 4.40. The molecule has 2 N–H and O–H groups in total. The molecule has 0 aromatic carbocycles. The first kappa shape index (κ1) is 10.1. The second-order valence-corrected chi connectivity index (χ2v) is 3.79. The summed E-state index contributed by atoms with van der Waals surface area (Å²) in [6, 6.07) is 4.23. The van der Waals surface area contributed by atoms with Crippen LogP contribution >= 0.6 is 0 Å². The molecule has 0 bridgehead atoms. The summed E-state index contributed by atoms with van der Waals surface area (Å²) in [7, 11) is 0. The third kappa shape index (κ3) is 2.53. The predicted octanol–water partition coefficient (Wildman–Crippen LogP) is 0.541. The standard InChI is InChI=1S/C11H15N3O/c1-8-2-3-9(6-13-8)10-7-14-11(15)4-5-12-10/h2-3,6,10,12H,4-5,7H2,1H3,(H,14,15). The Morgan fingerprint density at radius 3 is 3.07 bits per heavy atom. The second-order valence-electron chi connectivity index (χ2n) is 3.79. The first-order valence-electron chi connectivity index (χ1n) is 5.18. The van der Waals surface area contributed by atoms with Crippen molar-refractivity contribution in [1.29, 1.82) is 0 Å². The van der Waals surface area contributed by atoms with Gasteiger partial charge in [-0.3, -0.25) is 9.78 Å². The van der Waals surface area contributed by atoms with Crippen molar-refractivity contribution in [3.63, 3.8) is 0 Å². The molecule has 0 saturated carbocycles. The topological polar surface area (TPSA) is 54.0 Å². The lowest BCUT2D eigenvalue weighted by molar-refractivity contribution is -0.120. The van der Waals surface area contributed by atoms with Gasteiger partial charge in [0, 0.05) is 31.4 Å². The van der Waals surface area contributed by atoms with Crippen LogP contribution in [0, 0.1) is 6.92 Å². The van der Waals surface area contributed by atoms with Crippen LogP contribution in [0.4, 0.5) is 0 Å². The molecule has 1 aromatic heterocycles. The van der Waals surface area contributed by atoms with Gasteiger partial charge in [-0.05, 0) is 18.6 Å². The Hall–Kier alpha value is -1.42. The van der Waals surface area contributed by atoms with E-state index in [4.69, 9.17) is 0 Å². The van der Waals surface area contributed by atoms with E-state index in [0.717, 1.165) is 17.8 Å². The van der Waals surface area contributed by atoms with E-state index in [9.17, 15) is 4.79 Å². The number of pyridine rings is 1. The van der Waals surface area contributed by atoms with Crippen LogP contribution in [0.15, 0.2) is 18.3 Å². The third-order valence-corrected chi connectivity index (χ3v) is 2.58. The number of nitrogens with zero attached hydrogens (tertiary/aromatic N) is 1. The molecule has 4 heteroatoms. The Bertz CT molecular complexity index is 347. The molecular weight excluding hydrogens is 190 g/mol. The maximum atomic E-state index is 11.1. The highest BCUT2D eigenvalue weighted by Crippen LogP contribution is 2.12. The maximum Gasteiger partial charge on any atom is 0.221 e. The van der Waals surface area contributed by atoms with Crippen molar-refractivity contribution < 1.29 is 4.79 Å². The van der Waals surface area contributed by atoms with E-state index in [0.29, 0.717) is 13.0 Å². The van der Waals surface area contributed by atoms with Crippen molar-refractivity contribution in [2.75, 3.05) is 13.1 Å². The third-order valence-electron chi connectivity index (χ3n) is 2.58. The molecule has 1 atom stereocenters. The molecule has 15 heavy (non-hydrogen) atoms. The number of rotatable bonds is 1. The van der Waals surface area contributed by atoms with Crippen molar-refractivity contribution in [2.24, 2.45) is 0 Å². The van der Waals surface area contributed by atoms with Crippen LogP contribution in [0.5, 0.6) is 0 Å². The quantitative estimate of drug-likeness (QED) is 0.703. The number of aromatic nitrogens is 1. The maximum absolute atomic E-state index is 11.1. The van der Waals surface area contributed by atoms with Gasteiger partial charge in [0.1, 0.15) is 0 Å². The summed E-state index contributed by atoms with van der Waals surface area (Å²) in [4.78, 5) is 15.4. The largest absolute Gasteiger partial charge is 0.354 e. The molecule has 0 radical (unpaired) electrons. The number of carbonyl (C=O) groups excluding carboxylic acids is 1. The molecule has 1 amide bonds. The lowest BCUT2D eigenvalue weighted by atomic mass is 10.1. The number of hydrogen-bond acceptors (Lipinski definition) is 3. The Morgan fingerprint density at radius 1 is 1.47 bits per heavy atom. The molecule has 1 unspecified atom stereocenters. The van der Waals surface area contributed by atoms with Crippen LogP contribution in [0.2, 0.25) is 0 Å². The van der Waals surface area contributed by atoms with Gasteiger partial charge < -0.3 is 10.6 Å². The van der Waals surface area contributed by atoms with Crippen molar-refractivity contribution in [2.45, 2.75) is 19.4 Å². The first-order valence-corrected chi connectivity index (χ1v) is 5.18. The van der Waals surface area contributed by atoms with Crippen molar-refractivity contribution in [3.8, 4) is 0 Å². The summed E-state index contributed by atoms with van der Waals surface area (Å²) >= 11 is 0. The SMILES string of the molecule is Cc1ccc(C2CNC(=O)CCN2)cn1. The van der Waals surface area contributed by atoms with Gasteiger partial charge in [0.25, 0.3) is 0 Å². The number of nitrogens with one attached hydrogen (secondary N) is 2. The lowest BCUT2D eigenvalue weighted by Gasteiger charge is -2.15. The minimum atomic E-state index is 0.116. The summed E-state index contributed by atoms with van der Waals surface area (Å²) in [5.74, 6) is 0.116. The molecule has 0 aliphatic carbocycles. The zero-order valence-electron chi connectivity index (χ0n) is 8.79. The fourth-order valence-electron chi connectivity index (χ4n) is 1.66. The van der Waals surface area contributed by atoms with E-state index in [2.05, 4.69) is 21.7 Å². The van der Waals surface area contributed by atoms with Crippen LogP contribution in [0.1, 0.15) is 23.7 Å². The number of aryl methyl sites for hydroxylation is 1. The Balaban J connectivity index is 2.09. The average molecular weight is 205 g/mol. The van der Waals surface area contributed by atoms with Gasteiger partial charge in [-0.1, -0.05) is 6.07 Å². The number of hydrogen-bond donors (Lipinski definition) is 2. The van der Waals surface area contributed by atoms with E-state index in [-0.39, 0.29) is 11.9 Å². The van der Waals surface area contributed by atoms with E-state index in [1.165, 1.54) is 0 Å². The highest BCUT2D eigenvalue weighted by atomic mass is 16.1. The lowest BCUT2D eigenvalue weighted by Crippen LogP contribution is -2.28. The zero-order chi connectivity index (χ0) is 10.7. The molecule has 1 saturated heterocycles. The normalized spacial score (nSPS) is 21.9.